The summed E-state index contributed by atoms with van der Waals surface area (Å²) in [6.07, 6.45) is 7.21. The van der Waals surface area contributed by atoms with Gasteiger partial charge in [-0.2, -0.15) is 0 Å². The summed E-state index contributed by atoms with van der Waals surface area (Å²) in [7, 11) is 1.36. The molecule has 4 fully saturated rings. The molecule has 4 saturated carbocycles. The van der Waals surface area contributed by atoms with Crippen LogP contribution in [0.4, 0.5) is 5.69 Å². The zero-order valence-corrected chi connectivity index (χ0v) is 27.0. The molecule has 0 saturated heterocycles. The number of ether oxygens (including phenoxy) is 4. The van der Waals surface area contributed by atoms with E-state index >= 15 is 0 Å². The molecule has 4 aliphatic rings. The van der Waals surface area contributed by atoms with Gasteiger partial charge in [-0.3, -0.25) is 10.1 Å². The first-order chi connectivity index (χ1) is 22.5. The summed E-state index contributed by atoms with van der Waals surface area (Å²) in [5, 5.41) is 11.8. The van der Waals surface area contributed by atoms with E-state index in [1.807, 2.05) is 42.5 Å². The molecule has 4 aliphatic carbocycles. The smallest absolute Gasteiger partial charge is 0.337 e. The first-order valence-electron chi connectivity index (χ1n) is 16.2. The summed E-state index contributed by atoms with van der Waals surface area (Å²) < 4.78 is 23.7. The van der Waals surface area contributed by atoms with Crippen molar-refractivity contribution in [1.29, 1.82) is 0 Å². The van der Waals surface area contributed by atoms with Gasteiger partial charge in [-0.05, 0) is 97.2 Å². The van der Waals surface area contributed by atoms with Gasteiger partial charge in [0.1, 0.15) is 29.6 Å². The maximum atomic E-state index is 12.0. The lowest BCUT2D eigenvalue weighted by Gasteiger charge is -2.65. The number of rotatable bonds is 10. The van der Waals surface area contributed by atoms with Crippen molar-refractivity contribution in [3.63, 3.8) is 0 Å². The van der Waals surface area contributed by atoms with Crippen LogP contribution in [0.15, 0.2) is 91.0 Å². The van der Waals surface area contributed by atoms with Gasteiger partial charge < -0.3 is 18.9 Å². The van der Waals surface area contributed by atoms with Gasteiger partial charge in [0.15, 0.2) is 0 Å². The van der Waals surface area contributed by atoms with E-state index in [9.17, 15) is 14.9 Å². The number of hydrogen-bond acceptors (Lipinski definition) is 7. The van der Waals surface area contributed by atoms with Crippen molar-refractivity contribution < 1.29 is 28.7 Å². The highest BCUT2D eigenvalue weighted by Gasteiger charge is 2.61. The molecule has 4 aromatic rings. The van der Waals surface area contributed by atoms with Crippen LogP contribution in [0, 0.1) is 26.9 Å². The van der Waals surface area contributed by atoms with E-state index in [1.54, 1.807) is 36.4 Å². The Kier molecular flexibility index (Phi) is 7.69. The van der Waals surface area contributed by atoms with Crippen LogP contribution in [0.2, 0.25) is 0 Å². The lowest BCUT2D eigenvalue weighted by Crippen LogP contribution is -2.56. The standard InChI is InChI=1S/C39H39NO7/c1-37-19-27-20-38(2,23-37)25-39(21-27,24-37)32-15-13-30(17-34(32)47-29-11-9-28(10-12-29)36(41)44-3)46-31-14-16-33(40(42)43)35(18-31)45-22-26-7-5-4-6-8-26/h4-18,27H,19-25H2,1-3H3. The molecule has 4 bridgehead atoms. The monoisotopic (exact) mass is 633 g/mol. The van der Waals surface area contributed by atoms with Crippen LogP contribution < -0.4 is 14.2 Å². The molecule has 4 aromatic carbocycles. The lowest BCUT2D eigenvalue weighted by atomic mass is 9.39. The fourth-order valence-electron chi connectivity index (χ4n) is 9.44. The number of nitrogens with zero attached hydrogens (tertiary/aromatic N) is 1. The Labute approximate surface area is 274 Å². The highest BCUT2D eigenvalue weighted by molar-refractivity contribution is 5.89. The number of nitro groups is 1. The fourth-order valence-corrected chi connectivity index (χ4v) is 9.44. The van der Waals surface area contributed by atoms with Gasteiger partial charge in [-0.15, -0.1) is 0 Å². The molecular formula is C39H39NO7. The average molecular weight is 634 g/mol. The average Bonchev–Trinajstić information content (AvgIpc) is 3.02. The molecule has 8 rings (SSSR count). The Morgan fingerprint density at radius 3 is 2.06 bits per heavy atom. The van der Waals surface area contributed by atoms with Crippen LogP contribution in [-0.4, -0.2) is 18.0 Å². The Morgan fingerprint density at radius 1 is 0.787 bits per heavy atom. The second-order valence-electron chi connectivity index (χ2n) is 14.4. The van der Waals surface area contributed by atoms with Gasteiger partial charge in [-0.25, -0.2) is 4.79 Å². The zero-order valence-electron chi connectivity index (χ0n) is 27.0. The summed E-state index contributed by atoms with van der Waals surface area (Å²) in [5.41, 5.74) is 3.00. The van der Waals surface area contributed by atoms with Crippen LogP contribution in [0.3, 0.4) is 0 Å². The van der Waals surface area contributed by atoms with E-state index in [0.717, 1.165) is 24.8 Å². The van der Waals surface area contributed by atoms with Crippen LogP contribution in [0.25, 0.3) is 0 Å². The molecule has 0 amide bonds. The van der Waals surface area contributed by atoms with E-state index in [4.69, 9.17) is 18.9 Å². The van der Waals surface area contributed by atoms with Gasteiger partial charge in [0.25, 0.3) is 0 Å². The number of methoxy groups -OCH3 is 1. The predicted octanol–water partition coefficient (Wildman–Crippen LogP) is 9.79. The minimum absolute atomic E-state index is 0.00541. The highest BCUT2D eigenvalue weighted by atomic mass is 16.6. The van der Waals surface area contributed by atoms with Gasteiger partial charge in [0.2, 0.25) is 5.75 Å². The summed E-state index contributed by atoms with van der Waals surface area (Å²) in [5.74, 6) is 2.69. The van der Waals surface area contributed by atoms with Crippen molar-refractivity contribution in [1.82, 2.24) is 0 Å². The van der Waals surface area contributed by atoms with E-state index in [-0.39, 0.29) is 23.5 Å². The number of hydrogen-bond donors (Lipinski definition) is 0. The van der Waals surface area contributed by atoms with Gasteiger partial charge >= 0.3 is 11.7 Å². The minimum Gasteiger partial charge on any atom is -0.482 e. The molecule has 0 heterocycles. The molecular weight excluding hydrogens is 594 g/mol. The molecule has 2 atom stereocenters. The predicted molar refractivity (Wildman–Crippen MR) is 177 cm³/mol. The third kappa shape index (κ3) is 6.16. The van der Waals surface area contributed by atoms with Crippen molar-refractivity contribution >= 4 is 11.7 Å². The third-order valence-corrected chi connectivity index (χ3v) is 10.3. The summed E-state index contributed by atoms with van der Waals surface area (Å²) >= 11 is 0. The molecule has 0 aromatic heterocycles. The number of benzene rings is 4. The number of carbonyl (C=O) groups is 1. The Bertz CT molecular complexity index is 1800. The maximum Gasteiger partial charge on any atom is 0.337 e. The number of carbonyl (C=O) groups excluding carboxylic acids is 1. The Hall–Kier alpha value is -4.85. The van der Waals surface area contributed by atoms with Gasteiger partial charge in [-0.1, -0.05) is 50.2 Å². The second-order valence-corrected chi connectivity index (χ2v) is 14.4. The highest BCUT2D eigenvalue weighted by Crippen LogP contribution is 2.70. The van der Waals surface area contributed by atoms with Crippen molar-refractivity contribution in [2.75, 3.05) is 7.11 Å². The largest absolute Gasteiger partial charge is 0.482 e. The van der Waals surface area contributed by atoms with Crippen molar-refractivity contribution in [3.05, 3.63) is 118 Å². The molecule has 0 radical (unpaired) electrons. The number of nitro benzene ring substituents is 1. The second kappa shape index (κ2) is 11.7. The lowest BCUT2D eigenvalue weighted by molar-refractivity contribution is -0.386. The Morgan fingerprint density at radius 2 is 1.43 bits per heavy atom. The summed E-state index contributed by atoms with van der Waals surface area (Å²) in [6.45, 7) is 5.10. The molecule has 2 unspecified atom stereocenters. The van der Waals surface area contributed by atoms with Crippen LogP contribution >= 0.6 is 0 Å². The van der Waals surface area contributed by atoms with E-state index in [0.29, 0.717) is 45.3 Å². The number of esters is 1. The molecule has 47 heavy (non-hydrogen) atoms. The zero-order chi connectivity index (χ0) is 32.8. The molecule has 8 heteroatoms. The van der Waals surface area contributed by atoms with Crippen molar-refractivity contribution in [3.8, 4) is 28.7 Å². The van der Waals surface area contributed by atoms with Crippen molar-refractivity contribution in [2.45, 2.75) is 64.4 Å². The van der Waals surface area contributed by atoms with Crippen LogP contribution in [0.1, 0.15) is 73.9 Å². The van der Waals surface area contributed by atoms with Crippen LogP contribution in [0.5, 0.6) is 28.7 Å². The maximum absolute atomic E-state index is 12.0. The van der Waals surface area contributed by atoms with E-state index in [1.165, 1.54) is 38.0 Å². The molecule has 0 spiro atoms. The van der Waals surface area contributed by atoms with Gasteiger partial charge in [0, 0.05) is 29.2 Å². The van der Waals surface area contributed by atoms with Crippen LogP contribution in [-0.2, 0) is 16.8 Å². The first-order valence-corrected chi connectivity index (χ1v) is 16.2. The molecule has 0 N–H and O–H groups in total. The molecule has 242 valence electrons. The van der Waals surface area contributed by atoms with Gasteiger partial charge in [0.05, 0.1) is 17.6 Å². The summed E-state index contributed by atoms with van der Waals surface area (Å²) in [4.78, 5) is 23.4. The molecule has 8 nitrogen and oxygen atoms in total. The topological polar surface area (TPSA) is 97.1 Å². The molecule has 0 aliphatic heterocycles. The normalized spacial score (nSPS) is 25.6. The minimum atomic E-state index is -0.456. The Balaban J connectivity index is 1.22. The summed E-state index contributed by atoms with van der Waals surface area (Å²) in [6, 6.07) is 27.0. The van der Waals surface area contributed by atoms with E-state index < -0.39 is 10.9 Å². The fraction of sp³-hybridized carbons (Fsp3) is 0.359. The quantitative estimate of drug-likeness (QED) is 0.0974. The van der Waals surface area contributed by atoms with E-state index in [2.05, 4.69) is 19.9 Å². The third-order valence-electron chi connectivity index (χ3n) is 10.3. The van der Waals surface area contributed by atoms with Crippen molar-refractivity contribution in [2.24, 2.45) is 16.7 Å². The first kappa shape index (κ1) is 30.8. The SMILES string of the molecule is COC(=O)c1ccc(Oc2cc(Oc3ccc([N+](=O)[O-])c(OCc4ccccc4)c3)ccc2C23CC4CC(C)(CC(C)(C4)C2)C3)cc1.